The van der Waals surface area contributed by atoms with Crippen molar-refractivity contribution in [2.45, 2.75) is 13.8 Å². The van der Waals surface area contributed by atoms with Gasteiger partial charge in [-0.1, -0.05) is 18.2 Å². The van der Waals surface area contributed by atoms with Gasteiger partial charge >= 0.3 is 0 Å². The molecule has 0 heterocycles. The minimum absolute atomic E-state index is 0.215. The molecule has 0 aliphatic carbocycles. The Bertz CT molecular complexity index is 642. The van der Waals surface area contributed by atoms with E-state index in [-0.39, 0.29) is 5.91 Å². The number of para-hydroxylation sites is 1. The second kappa shape index (κ2) is 6.18. The van der Waals surface area contributed by atoms with Gasteiger partial charge in [0.05, 0.1) is 5.56 Å². The number of nitrogens with zero attached hydrogens (tertiary/aromatic N) is 1. The lowest BCUT2D eigenvalue weighted by molar-refractivity contribution is 0.0987. The summed E-state index contributed by atoms with van der Waals surface area (Å²) in [6.07, 6.45) is 0. The Morgan fingerprint density at radius 3 is 2.60 bits per heavy atom. The fraction of sp³-hybridized carbons (Fsp3) is 0.188. The first-order chi connectivity index (χ1) is 9.54. The third kappa shape index (κ3) is 2.90. The van der Waals surface area contributed by atoms with Crippen LogP contribution in [0.3, 0.4) is 0 Å². The fourth-order valence-electron chi connectivity index (χ4n) is 2.10. The highest BCUT2D eigenvalue weighted by molar-refractivity contribution is 9.10. The van der Waals surface area contributed by atoms with Gasteiger partial charge in [0, 0.05) is 16.7 Å². The molecule has 2 aromatic rings. The fourth-order valence-corrected chi connectivity index (χ4v) is 2.51. The van der Waals surface area contributed by atoms with Gasteiger partial charge in [0.15, 0.2) is 0 Å². The van der Waals surface area contributed by atoms with Crippen molar-refractivity contribution in [2.24, 2.45) is 0 Å². The molecule has 0 spiro atoms. The number of hydrogen-bond acceptors (Lipinski definition) is 1. The summed E-state index contributed by atoms with van der Waals surface area (Å²) in [5, 5.41) is 0. The molecule has 0 N–H and O–H groups in total. The van der Waals surface area contributed by atoms with Gasteiger partial charge in [-0.05, 0) is 59.6 Å². The van der Waals surface area contributed by atoms with Crippen LogP contribution in [0.5, 0.6) is 0 Å². The van der Waals surface area contributed by atoms with Crippen molar-refractivity contribution in [1.29, 1.82) is 0 Å². The summed E-state index contributed by atoms with van der Waals surface area (Å²) in [6.45, 7) is 4.37. The van der Waals surface area contributed by atoms with Crippen molar-refractivity contribution in [1.82, 2.24) is 0 Å². The molecule has 2 rings (SSSR count). The van der Waals surface area contributed by atoms with Crippen LogP contribution in [0.25, 0.3) is 0 Å². The summed E-state index contributed by atoms with van der Waals surface area (Å²) in [5.74, 6) is -0.634. The van der Waals surface area contributed by atoms with Crippen LogP contribution in [0.4, 0.5) is 10.1 Å². The monoisotopic (exact) mass is 335 g/mol. The SMILES string of the molecule is CCN(C(=O)c1cc(F)ccc1Br)c1ccccc1C. The summed E-state index contributed by atoms with van der Waals surface area (Å²) in [4.78, 5) is 14.3. The molecule has 0 saturated carbocycles. The molecule has 1 amide bonds. The van der Waals surface area contributed by atoms with Crippen LogP contribution in [0.15, 0.2) is 46.9 Å². The predicted octanol–water partition coefficient (Wildman–Crippen LogP) is 4.56. The Kier molecular flexibility index (Phi) is 4.55. The molecule has 0 unspecified atom stereocenters. The number of halogens is 2. The molecule has 0 bridgehead atoms. The van der Waals surface area contributed by atoms with Gasteiger partial charge in [0.25, 0.3) is 5.91 Å². The van der Waals surface area contributed by atoms with Gasteiger partial charge < -0.3 is 4.90 Å². The van der Waals surface area contributed by atoms with Gasteiger partial charge in [0.1, 0.15) is 5.82 Å². The Balaban J connectivity index is 2.45. The molecule has 0 aromatic heterocycles. The van der Waals surface area contributed by atoms with Crippen molar-refractivity contribution in [3.63, 3.8) is 0 Å². The Hall–Kier alpha value is -1.68. The van der Waals surface area contributed by atoms with E-state index in [2.05, 4.69) is 15.9 Å². The average Bonchev–Trinajstić information content (AvgIpc) is 2.44. The first-order valence-corrected chi connectivity index (χ1v) is 7.16. The summed E-state index contributed by atoms with van der Waals surface area (Å²) in [6, 6.07) is 11.8. The second-order valence-corrected chi connectivity index (χ2v) is 5.31. The number of anilines is 1. The maximum atomic E-state index is 13.4. The number of aryl methyl sites for hydroxylation is 1. The van der Waals surface area contributed by atoms with E-state index in [0.717, 1.165) is 11.3 Å². The maximum Gasteiger partial charge on any atom is 0.259 e. The summed E-state index contributed by atoms with van der Waals surface area (Å²) in [7, 11) is 0. The van der Waals surface area contributed by atoms with Gasteiger partial charge in [-0.3, -0.25) is 4.79 Å². The zero-order valence-electron chi connectivity index (χ0n) is 11.4. The van der Waals surface area contributed by atoms with Gasteiger partial charge in [-0.15, -0.1) is 0 Å². The summed E-state index contributed by atoms with van der Waals surface area (Å²) < 4.78 is 14.0. The van der Waals surface area contributed by atoms with E-state index in [9.17, 15) is 9.18 Å². The average molecular weight is 336 g/mol. The molecule has 0 aliphatic heterocycles. The number of benzene rings is 2. The van der Waals surface area contributed by atoms with Gasteiger partial charge in [-0.25, -0.2) is 4.39 Å². The molecule has 0 radical (unpaired) electrons. The third-order valence-corrected chi connectivity index (χ3v) is 3.82. The number of amides is 1. The highest BCUT2D eigenvalue weighted by atomic mass is 79.9. The zero-order valence-corrected chi connectivity index (χ0v) is 12.9. The van der Waals surface area contributed by atoms with Crippen LogP contribution in [-0.4, -0.2) is 12.5 Å². The van der Waals surface area contributed by atoms with E-state index >= 15 is 0 Å². The molecule has 2 nitrogen and oxygen atoms in total. The standard InChI is InChI=1S/C16H15BrFNO/c1-3-19(15-7-5-4-6-11(15)2)16(20)13-10-12(18)8-9-14(13)17/h4-10H,3H2,1-2H3. The van der Waals surface area contributed by atoms with Crippen LogP contribution >= 0.6 is 15.9 Å². The van der Waals surface area contributed by atoms with E-state index in [1.54, 1.807) is 11.0 Å². The number of hydrogen-bond donors (Lipinski definition) is 0. The van der Waals surface area contributed by atoms with Crippen LogP contribution in [0, 0.1) is 12.7 Å². The number of carbonyl (C=O) groups excluding carboxylic acids is 1. The predicted molar refractivity (Wildman–Crippen MR) is 82.6 cm³/mol. The van der Waals surface area contributed by atoms with Crippen molar-refractivity contribution in [2.75, 3.05) is 11.4 Å². The smallest absolute Gasteiger partial charge is 0.259 e. The van der Waals surface area contributed by atoms with Gasteiger partial charge in [-0.2, -0.15) is 0 Å². The van der Waals surface area contributed by atoms with E-state index in [0.29, 0.717) is 16.6 Å². The van der Waals surface area contributed by atoms with E-state index in [1.165, 1.54) is 12.1 Å². The van der Waals surface area contributed by atoms with Crippen molar-refractivity contribution in [3.8, 4) is 0 Å². The Morgan fingerprint density at radius 2 is 1.95 bits per heavy atom. The van der Waals surface area contributed by atoms with Crippen LogP contribution in [-0.2, 0) is 0 Å². The van der Waals surface area contributed by atoms with E-state index < -0.39 is 5.82 Å². The van der Waals surface area contributed by atoms with Crippen LogP contribution in [0.2, 0.25) is 0 Å². The van der Waals surface area contributed by atoms with E-state index in [4.69, 9.17) is 0 Å². The van der Waals surface area contributed by atoms with Crippen molar-refractivity contribution < 1.29 is 9.18 Å². The normalized spacial score (nSPS) is 10.4. The minimum Gasteiger partial charge on any atom is -0.308 e. The molecular formula is C16H15BrFNO. The zero-order chi connectivity index (χ0) is 14.7. The highest BCUT2D eigenvalue weighted by Gasteiger charge is 2.20. The van der Waals surface area contributed by atoms with E-state index in [1.807, 2.05) is 38.1 Å². The Labute approximate surface area is 126 Å². The van der Waals surface area contributed by atoms with Crippen molar-refractivity contribution >= 4 is 27.5 Å². The van der Waals surface area contributed by atoms with Crippen LogP contribution < -0.4 is 4.90 Å². The maximum absolute atomic E-state index is 13.4. The number of rotatable bonds is 3. The quantitative estimate of drug-likeness (QED) is 0.804. The molecule has 2 aromatic carbocycles. The first-order valence-electron chi connectivity index (χ1n) is 6.37. The molecular weight excluding hydrogens is 321 g/mol. The topological polar surface area (TPSA) is 20.3 Å². The Morgan fingerprint density at radius 1 is 1.25 bits per heavy atom. The molecule has 0 aliphatic rings. The summed E-state index contributed by atoms with van der Waals surface area (Å²) in [5.41, 5.74) is 2.18. The lowest BCUT2D eigenvalue weighted by Gasteiger charge is -2.23. The minimum atomic E-state index is -0.419. The third-order valence-electron chi connectivity index (χ3n) is 3.13. The summed E-state index contributed by atoms with van der Waals surface area (Å²) >= 11 is 3.31. The molecule has 20 heavy (non-hydrogen) atoms. The van der Waals surface area contributed by atoms with Crippen molar-refractivity contribution in [3.05, 3.63) is 63.9 Å². The largest absolute Gasteiger partial charge is 0.308 e. The lowest BCUT2D eigenvalue weighted by Crippen LogP contribution is -2.31. The lowest BCUT2D eigenvalue weighted by atomic mass is 10.1. The molecule has 0 atom stereocenters. The molecule has 104 valence electrons. The second-order valence-electron chi connectivity index (χ2n) is 4.46. The van der Waals surface area contributed by atoms with Crippen LogP contribution in [0.1, 0.15) is 22.8 Å². The first kappa shape index (κ1) is 14.7. The number of carbonyl (C=O) groups is 1. The molecule has 0 saturated heterocycles. The van der Waals surface area contributed by atoms with Gasteiger partial charge in [0.2, 0.25) is 0 Å². The highest BCUT2D eigenvalue weighted by Crippen LogP contribution is 2.25. The molecule has 4 heteroatoms. The molecule has 0 fully saturated rings.